The van der Waals surface area contributed by atoms with Crippen LogP contribution in [0, 0.1) is 10.1 Å². The first-order valence-electron chi connectivity index (χ1n) is 5.20. The molecule has 0 saturated heterocycles. The zero-order valence-electron chi connectivity index (χ0n) is 9.52. The van der Waals surface area contributed by atoms with Crippen molar-refractivity contribution in [1.82, 2.24) is 4.98 Å². The summed E-state index contributed by atoms with van der Waals surface area (Å²) in [6.07, 6.45) is 2.91. The number of non-ortho nitro benzene ring substituents is 1. The molecule has 1 aromatic heterocycles. The lowest BCUT2D eigenvalue weighted by molar-refractivity contribution is -0.385. The highest BCUT2D eigenvalue weighted by molar-refractivity contribution is 9.10. The molecule has 2 rings (SSSR count). The van der Waals surface area contributed by atoms with Crippen molar-refractivity contribution in [2.24, 2.45) is 4.99 Å². The van der Waals surface area contributed by atoms with E-state index in [-0.39, 0.29) is 21.5 Å². The number of phenols is 1. The van der Waals surface area contributed by atoms with Gasteiger partial charge in [0.1, 0.15) is 5.75 Å². The molecule has 0 radical (unpaired) electrons. The third-order valence-electron chi connectivity index (χ3n) is 2.27. The van der Waals surface area contributed by atoms with Crippen LogP contribution < -0.4 is 0 Å². The highest BCUT2D eigenvalue weighted by Crippen LogP contribution is 2.31. The highest BCUT2D eigenvalue weighted by atomic mass is 79.9. The van der Waals surface area contributed by atoms with Crippen LogP contribution in [0.5, 0.6) is 5.75 Å². The summed E-state index contributed by atoms with van der Waals surface area (Å²) in [5.74, 6) is 0.342. The van der Waals surface area contributed by atoms with Crippen LogP contribution in [-0.2, 0) is 0 Å². The van der Waals surface area contributed by atoms with E-state index < -0.39 is 4.92 Å². The van der Waals surface area contributed by atoms with Gasteiger partial charge in [-0.3, -0.25) is 10.1 Å². The van der Waals surface area contributed by atoms with Gasteiger partial charge in [-0.25, -0.2) is 9.98 Å². The zero-order chi connectivity index (χ0) is 13.8. The molecule has 19 heavy (non-hydrogen) atoms. The van der Waals surface area contributed by atoms with Gasteiger partial charge in [0.2, 0.25) is 0 Å². The van der Waals surface area contributed by atoms with E-state index in [1.807, 2.05) is 0 Å². The molecule has 7 heteroatoms. The number of nitrogens with zero attached hydrogens (tertiary/aromatic N) is 3. The van der Waals surface area contributed by atoms with Crippen LogP contribution in [0.4, 0.5) is 11.5 Å². The Morgan fingerprint density at radius 3 is 2.84 bits per heavy atom. The van der Waals surface area contributed by atoms with E-state index in [4.69, 9.17) is 0 Å². The summed E-state index contributed by atoms with van der Waals surface area (Å²) in [7, 11) is 0. The summed E-state index contributed by atoms with van der Waals surface area (Å²) in [6, 6.07) is 7.67. The Morgan fingerprint density at radius 1 is 1.42 bits per heavy atom. The fourth-order valence-corrected chi connectivity index (χ4v) is 1.84. The Morgan fingerprint density at radius 2 is 2.21 bits per heavy atom. The van der Waals surface area contributed by atoms with Gasteiger partial charge in [-0.05, 0) is 28.1 Å². The van der Waals surface area contributed by atoms with Crippen molar-refractivity contribution in [3.8, 4) is 5.75 Å². The minimum atomic E-state index is -0.539. The number of nitro benzene ring substituents is 1. The number of nitro groups is 1. The Kier molecular flexibility index (Phi) is 3.86. The van der Waals surface area contributed by atoms with Crippen LogP contribution in [0.25, 0.3) is 0 Å². The molecule has 6 nitrogen and oxygen atoms in total. The van der Waals surface area contributed by atoms with Gasteiger partial charge >= 0.3 is 0 Å². The number of hydrogen-bond donors (Lipinski definition) is 1. The molecule has 0 aliphatic heterocycles. The minimum absolute atomic E-state index is 0.106. The second-order valence-corrected chi connectivity index (χ2v) is 4.42. The third kappa shape index (κ3) is 3.14. The number of pyridine rings is 1. The predicted octanol–water partition coefficient (Wildman–Crippen LogP) is 3.21. The number of halogens is 1. The number of phenolic OH excluding ortho intramolecular Hbond substituents is 1. The standard InChI is InChI=1S/C12H8BrN3O3/c13-10-6-9(16(18)19)5-8(12(10)17)7-15-11-3-1-2-4-14-11/h1-7,17H. The summed E-state index contributed by atoms with van der Waals surface area (Å²) >= 11 is 3.06. The van der Waals surface area contributed by atoms with Gasteiger partial charge in [0.15, 0.2) is 5.82 Å². The second-order valence-electron chi connectivity index (χ2n) is 3.57. The van der Waals surface area contributed by atoms with Crippen molar-refractivity contribution >= 4 is 33.6 Å². The summed E-state index contributed by atoms with van der Waals surface area (Å²) in [5.41, 5.74) is 0.110. The average Bonchev–Trinajstić information content (AvgIpc) is 2.41. The first kappa shape index (κ1) is 13.2. The second kappa shape index (κ2) is 5.57. The molecule has 0 amide bonds. The molecule has 2 aromatic rings. The molecule has 0 spiro atoms. The van der Waals surface area contributed by atoms with Gasteiger partial charge in [0, 0.05) is 30.1 Å². The summed E-state index contributed by atoms with van der Waals surface area (Å²) in [4.78, 5) is 18.2. The van der Waals surface area contributed by atoms with Crippen molar-refractivity contribution in [3.05, 3.63) is 56.7 Å². The molecule has 1 aromatic carbocycles. The maximum Gasteiger partial charge on any atom is 0.271 e. The Balaban J connectivity index is 2.39. The largest absolute Gasteiger partial charge is 0.506 e. The Hall–Kier alpha value is -2.28. The predicted molar refractivity (Wildman–Crippen MR) is 74.0 cm³/mol. The van der Waals surface area contributed by atoms with Gasteiger partial charge in [-0.1, -0.05) is 6.07 Å². The molecule has 0 aliphatic rings. The highest BCUT2D eigenvalue weighted by Gasteiger charge is 2.13. The average molecular weight is 322 g/mol. The maximum absolute atomic E-state index is 10.7. The third-order valence-corrected chi connectivity index (χ3v) is 2.88. The van der Waals surface area contributed by atoms with Gasteiger partial charge in [0.25, 0.3) is 5.69 Å². The molecular weight excluding hydrogens is 314 g/mol. The van der Waals surface area contributed by atoms with Crippen LogP contribution >= 0.6 is 15.9 Å². The van der Waals surface area contributed by atoms with E-state index in [0.717, 1.165) is 0 Å². The lowest BCUT2D eigenvalue weighted by Crippen LogP contribution is -1.91. The van der Waals surface area contributed by atoms with Crippen molar-refractivity contribution in [3.63, 3.8) is 0 Å². The van der Waals surface area contributed by atoms with E-state index in [2.05, 4.69) is 25.9 Å². The number of benzene rings is 1. The van der Waals surface area contributed by atoms with Gasteiger partial charge in [-0.15, -0.1) is 0 Å². The number of aromatic hydroxyl groups is 1. The van der Waals surface area contributed by atoms with Gasteiger partial charge in [-0.2, -0.15) is 0 Å². The Labute approximate surface area is 116 Å². The van der Waals surface area contributed by atoms with Crippen LogP contribution in [0.1, 0.15) is 5.56 Å². The molecule has 96 valence electrons. The first-order valence-corrected chi connectivity index (χ1v) is 5.99. The molecule has 1 heterocycles. The van der Waals surface area contributed by atoms with Crippen molar-refractivity contribution in [2.75, 3.05) is 0 Å². The molecule has 0 bridgehead atoms. The number of rotatable bonds is 3. The van der Waals surface area contributed by atoms with E-state index in [1.165, 1.54) is 18.3 Å². The summed E-state index contributed by atoms with van der Waals surface area (Å²) in [5, 5.41) is 20.5. The molecule has 0 saturated carbocycles. The molecule has 0 atom stereocenters. The van der Waals surface area contributed by atoms with Crippen LogP contribution in [0.3, 0.4) is 0 Å². The summed E-state index contributed by atoms with van der Waals surface area (Å²) in [6.45, 7) is 0. The van der Waals surface area contributed by atoms with Crippen molar-refractivity contribution in [2.45, 2.75) is 0 Å². The lowest BCUT2D eigenvalue weighted by Gasteiger charge is -2.01. The van der Waals surface area contributed by atoms with Crippen molar-refractivity contribution in [1.29, 1.82) is 0 Å². The quantitative estimate of drug-likeness (QED) is 0.534. The van der Waals surface area contributed by atoms with Gasteiger partial charge < -0.3 is 5.11 Å². The molecule has 0 fully saturated rings. The SMILES string of the molecule is O=[N+]([O-])c1cc(Br)c(O)c(C=Nc2ccccn2)c1. The molecular formula is C12H8BrN3O3. The fourth-order valence-electron chi connectivity index (χ4n) is 1.38. The number of aromatic nitrogens is 1. The Bertz CT molecular complexity index is 644. The molecule has 0 aliphatic carbocycles. The van der Waals surface area contributed by atoms with Crippen LogP contribution in [0.2, 0.25) is 0 Å². The van der Waals surface area contributed by atoms with E-state index in [0.29, 0.717) is 5.82 Å². The zero-order valence-corrected chi connectivity index (χ0v) is 11.1. The van der Waals surface area contributed by atoms with Crippen molar-refractivity contribution < 1.29 is 10.0 Å². The molecule has 0 unspecified atom stereocenters. The number of aliphatic imine (C=N–C) groups is 1. The topological polar surface area (TPSA) is 88.6 Å². The van der Waals surface area contributed by atoms with Crippen LogP contribution in [-0.4, -0.2) is 21.2 Å². The van der Waals surface area contributed by atoms with Gasteiger partial charge in [0.05, 0.1) is 9.40 Å². The monoisotopic (exact) mass is 321 g/mol. The fraction of sp³-hybridized carbons (Fsp3) is 0. The van der Waals surface area contributed by atoms with E-state index >= 15 is 0 Å². The number of hydrogen-bond acceptors (Lipinski definition) is 5. The van der Waals surface area contributed by atoms with E-state index in [1.54, 1.807) is 24.4 Å². The lowest BCUT2D eigenvalue weighted by atomic mass is 10.2. The van der Waals surface area contributed by atoms with Crippen LogP contribution in [0.15, 0.2) is 46.0 Å². The maximum atomic E-state index is 10.7. The minimum Gasteiger partial charge on any atom is -0.506 e. The first-order chi connectivity index (χ1) is 9.08. The normalized spacial score (nSPS) is 10.8. The summed E-state index contributed by atoms with van der Waals surface area (Å²) < 4.78 is 0.240. The smallest absolute Gasteiger partial charge is 0.271 e. The van der Waals surface area contributed by atoms with E-state index in [9.17, 15) is 15.2 Å². The molecule has 1 N–H and O–H groups in total.